The second-order valence-electron chi connectivity index (χ2n) is 10.2. The van der Waals surface area contributed by atoms with Gasteiger partial charge in [0.1, 0.15) is 5.75 Å². The van der Waals surface area contributed by atoms with Crippen molar-refractivity contribution in [3.05, 3.63) is 29.8 Å². The Kier molecular flexibility index (Phi) is 9.62. The van der Waals surface area contributed by atoms with Gasteiger partial charge < -0.3 is 4.74 Å². The molecular weight excluding hydrogens is 368 g/mol. The summed E-state index contributed by atoms with van der Waals surface area (Å²) in [5.41, 5.74) is 1.55. The molecule has 1 heterocycles. The molecule has 3 rings (SSSR count). The van der Waals surface area contributed by atoms with Crippen molar-refractivity contribution in [1.82, 2.24) is 0 Å². The van der Waals surface area contributed by atoms with Crippen LogP contribution in [0.25, 0.3) is 0 Å². The van der Waals surface area contributed by atoms with Crippen LogP contribution in [0.2, 0.25) is 18.1 Å². The topological polar surface area (TPSA) is 9.23 Å². The molecule has 0 radical (unpaired) electrons. The minimum absolute atomic E-state index is 0.325. The van der Waals surface area contributed by atoms with E-state index in [1.54, 1.807) is 36.5 Å². The second kappa shape index (κ2) is 12.2. The number of ether oxygens (including phenoxy) is 1. The number of benzene rings is 1. The molecule has 1 saturated heterocycles. The van der Waals surface area contributed by atoms with Gasteiger partial charge in [-0.05, 0) is 74.5 Å². The number of hydrogen-bond donors (Lipinski definition) is 0. The lowest BCUT2D eigenvalue weighted by molar-refractivity contribution is 0.209. The highest BCUT2D eigenvalue weighted by Crippen LogP contribution is 2.43. The minimum atomic E-state index is -0.344. The van der Waals surface area contributed by atoms with Crippen molar-refractivity contribution < 1.29 is 4.74 Å². The smallest absolute Gasteiger partial charge is 0.119 e. The van der Waals surface area contributed by atoms with E-state index in [9.17, 15) is 0 Å². The van der Waals surface area contributed by atoms with E-state index in [1.165, 1.54) is 51.4 Å². The second-order valence-corrected chi connectivity index (χ2v) is 13.6. The first kappa shape index (κ1) is 22.9. The van der Waals surface area contributed by atoms with Crippen LogP contribution in [-0.2, 0) is 0 Å². The predicted octanol–water partition coefficient (Wildman–Crippen LogP) is 8.36. The normalized spacial score (nSPS) is 28.8. The van der Waals surface area contributed by atoms with Crippen molar-refractivity contribution in [3.63, 3.8) is 0 Å². The van der Waals surface area contributed by atoms with Crippen LogP contribution < -0.4 is 4.74 Å². The predicted molar refractivity (Wildman–Crippen MR) is 130 cm³/mol. The molecule has 1 aliphatic carbocycles. The Balaban J connectivity index is 1.39. The van der Waals surface area contributed by atoms with E-state index in [4.69, 9.17) is 4.74 Å². The molecule has 1 nitrogen and oxygen atoms in total. The Morgan fingerprint density at radius 1 is 0.862 bits per heavy atom. The molecule has 29 heavy (non-hydrogen) atoms. The highest BCUT2D eigenvalue weighted by atomic mass is 28.3. The van der Waals surface area contributed by atoms with Gasteiger partial charge in [-0.3, -0.25) is 0 Å². The standard InChI is InChI=1S/C27H46OSi/c1-4-6-7-19-29-20-17-26(18-21-29)24-11-9-23(10-12-24)25-13-15-27(16-14-25)28-22(3)8-5-2/h13-16,22-24,26,29H,4-12,17-21H2,1-3H3/t22-,23-,24-,26-,29-/m0/s1. The molecule has 0 bridgehead atoms. The molecule has 1 saturated carbocycles. The first-order chi connectivity index (χ1) is 14.2. The van der Waals surface area contributed by atoms with Gasteiger partial charge in [-0.2, -0.15) is 0 Å². The van der Waals surface area contributed by atoms with E-state index >= 15 is 0 Å². The van der Waals surface area contributed by atoms with Crippen LogP contribution in [-0.4, -0.2) is 14.9 Å². The summed E-state index contributed by atoms with van der Waals surface area (Å²) >= 11 is 0. The average molecular weight is 415 g/mol. The molecule has 0 unspecified atom stereocenters. The van der Waals surface area contributed by atoms with Gasteiger partial charge in [-0.25, -0.2) is 0 Å². The lowest BCUT2D eigenvalue weighted by atomic mass is 9.72. The van der Waals surface area contributed by atoms with Gasteiger partial charge in [0.2, 0.25) is 0 Å². The maximum atomic E-state index is 6.04. The third-order valence-electron chi connectivity index (χ3n) is 7.93. The van der Waals surface area contributed by atoms with Gasteiger partial charge in [-0.1, -0.05) is 82.6 Å². The Bertz CT molecular complexity index is 552. The fourth-order valence-corrected chi connectivity index (χ4v) is 9.60. The molecule has 1 aliphatic heterocycles. The van der Waals surface area contributed by atoms with Crippen molar-refractivity contribution >= 4 is 8.80 Å². The van der Waals surface area contributed by atoms with Gasteiger partial charge in [0.05, 0.1) is 6.10 Å². The number of rotatable bonds is 10. The molecule has 2 heteroatoms. The van der Waals surface area contributed by atoms with Crippen molar-refractivity contribution in [2.24, 2.45) is 11.8 Å². The summed E-state index contributed by atoms with van der Waals surface area (Å²) < 4.78 is 6.04. The SMILES string of the molecule is CCCCC[Si@H]1CC[C@H]([C@H]2CC[C@H](c3ccc(O[C@@H](C)CCC)cc3)CC2)CC1. The molecular formula is C27H46OSi. The number of hydrogen-bond acceptors (Lipinski definition) is 1. The van der Waals surface area contributed by atoms with Crippen molar-refractivity contribution in [2.75, 3.05) is 0 Å². The van der Waals surface area contributed by atoms with Gasteiger partial charge in [0, 0.05) is 8.80 Å². The van der Waals surface area contributed by atoms with Crippen LogP contribution in [0, 0.1) is 11.8 Å². The van der Waals surface area contributed by atoms with Crippen molar-refractivity contribution in [1.29, 1.82) is 0 Å². The van der Waals surface area contributed by atoms with Gasteiger partial charge >= 0.3 is 0 Å². The van der Waals surface area contributed by atoms with Crippen LogP contribution in [0.5, 0.6) is 5.75 Å². The van der Waals surface area contributed by atoms with E-state index in [1.807, 2.05) is 0 Å². The van der Waals surface area contributed by atoms with Crippen molar-refractivity contribution in [2.45, 2.75) is 122 Å². The molecule has 164 valence electrons. The Labute approximate surface area is 182 Å². The molecule has 1 atom stereocenters. The molecule has 2 aliphatic rings. The molecule has 0 N–H and O–H groups in total. The summed E-state index contributed by atoms with van der Waals surface area (Å²) in [6, 6.07) is 14.1. The van der Waals surface area contributed by atoms with E-state index in [-0.39, 0.29) is 8.80 Å². The Morgan fingerprint density at radius 3 is 2.14 bits per heavy atom. The van der Waals surface area contributed by atoms with Crippen LogP contribution in [0.15, 0.2) is 24.3 Å². The summed E-state index contributed by atoms with van der Waals surface area (Å²) in [5.74, 6) is 3.94. The third kappa shape index (κ3) is 7.16. The Hall–Kier alpha value is -0.763. The summed E-state index contributed by atoms with van der Waals surface area (Å²) in [7, 11) is -0.344. The summed E-state index contributed by atoms with van der Waals surface area (Å²) in [4.78, 5) is 0. The lowest BCUT2D eigenvalue weighted by Crippen LogP contribution is -2.28. The molecule has 0 spiro atoms. The van der Waals surface area contributed by atoms with E-state index in [2.05, 4.69) is 45.0 Å². The van der Waals surface area contributed by atoms with E-state index in [0.29, 0.717) is 6.10 Å². The fraction of sp³-hybridized carbons (Fsp3) is 0.778. The van der Waals surface area contributed by atoms with E-state index in [0.717, 1.165) is 29.9 Å². The average Bonchev–Trinajstić information content (AvgIpc) is 2.75. The van der Waals surface area contributed by atoms with Crippen LogP contribution in [0.4, 0.5) is 0 Å². The quantitative estimate of drug-likeness (QED) is 0.276. The largest absolute Gasteiger partial charge is 0.491 e. The van der Waals surface area contributed by atoms with Gasteiger partial charge in [0.15, 0.2) is 0 Å². The Morgan fingerprint density at radius 2 is 1.52 bits per heavy atom. The molecule has 2 fully saturated rings. The first-order valence-corrected chi connectivity index (χ1v) is 15.4. The maximum Gasteiger partial charge on any atom is 0.119 e. The van der Waals surface area contributed by atoms with Crippen molar-refractivity contribution in [3.8, 4) is 5.75 Å². The fourth-order valence-electron chi connectivity index (χ4n) is 6.07. The minimum Gasteiger partial charge on any atom is -0.491 e. The zero-order valence-electron chi connectivity index (χ0n) is 19.5. The van der Waals surface area contributed by atoms with Crippen LogP contribution >= 0.6 is 0 Å². The third-order valence-corrected chi connectivity index (χ3v) is 11.5. The molecule has 0 aromatic heterocycles. The lowest BCUT2D eigenvalue weighted by Gasteiger charge is -2.37. The van der Waals surface area contributed by atoms with Gasteiger partial charge in [-0.15, -0.1) is 0 Å². The zero-order chi connectivity index (χ0) is 20.5. The molecule has 1 aromatic carbocycles. The summed E-state index contributed by atoms with van der Waals surface area (Å²) in [6.45, 7) is 6.74. The number of unbranched alkanes of at least 4 members (excludes halogenated alkanes) is 2. The first-order valence-electron chi connectivity index (χ1n) is 13.0. The van der Waals surface area contributed by atoms with Crippen LogP contribution in [0.3, 0.4) is 0 Å². The summed E-state index contributed by atoms with van der Waals surface area (Å²) in [5, 5.41) is 0. The molecule has 0 amide bonds. The maximum absolute atomic E-state index is 6.04. The van der Waals surface area contributed by atoms with Crippen LogP contribution in [0.1, 0.15) is 103 Å². The zero-order valence-corrected chi connectivity index (χ0v) is 20.7. The summed E-state index contributed by atoms with van der Waals surface area (Å²) in [6.07, 6.45) is 16.0. The van der Waals surface area contributed by atoms with E-state index < -0.39 is 0 Å². The molecule has 1 aromatic rings. The highest BCUT2D eigenvalue weighted by Gasteiger charge is 2.31. The highest BCUT2D eigenvalue weighted by molar-refractivity contribution is 6.58. The van der Waals surface area contributed by atoms with Gasteiger partial charge in [0.25, 0.3) is 0 Å². The monoisotopic (exact) mass is 414 g/mol.